The lowest BCUT2D eigenvalue weighted by Gasteiger charge is -2.10. The monoisotopic (exact) mass is 807 g/mol. The normalized spacial score (nSPS) is 11.6. The van der Waals surface area contributed by atoms with Crippen molar-refractivity contribution in [2.75, 3.05) is 0 Å². The summed E-state index contributed by atoms with van der Waals surface area (Å²) in [5.41, 5.74) is 13.0. The lowest BCUT2D eigenvalue weighted by molar-refractivity contribution is 1.06. The molecule has 11 aromatic rings. The Morgan fingerprint density at radius 3 is 1.57 bits per heavy atom. The van der Waals surface area contributed by atoms with Crippen molar-refractivity contribution in [3.8, 4) is 67.9 Å². The van der Waals surface area contributed by atoms with Crippen molar-refractivity contribution in [1.82, 2.24) is 29.9 Å². The fourth-order valence-electron chi connectivity index (χ4n) is 8.20. The molecule has 0 unspecified atom stereocenters. The standard InChI is InChI=1S/C56H37N7/c1-3-10-36-16-17-37-24-27-49(60-53(37)52(36)57-2)45-22-20-40-31-44(21-19-41(40)32-45)48-29-26-46-33-42(25-28-47(46)58-48)43-18-15-35-23-30-50(59-51(35)34-43)56-62-54(38-11-6-4-7-12-38)61-55(63-56)39-13-8-5-9-14-39/h3-34H,2H2,1H3/b10-3-. The quantitative estimate of drug-likeness (QED) is 0.142. The average Bonchev–Trinajstić information content (AvgIpc) is 3.35. The number of hydrogen-bond acceptors (Lipinski definition) is 7. The zero-order valence-corrected chi connectivity index (χ0v) is 34.3. The zero-order valence-electron chi connectivity index (χ0n) is 34.3. The van der Waals surface area contributed by atoms with E-state index in [1.54, 1.807) is 0 Å². The molecular weight excluding hydrogens is 771 g/mol. The van der Waals surface area contributed by atoms with Gasteiger partial charge < -0.3 is 0 Å². The molecular formula is C56H37N7. The summed E-state index contributed by atoms with van der Waals surface area (Å²) in [5.74, 6) is 1.73. The highest BCUT2D eigenvalue weighted by Gasteiger charge is 2.15. The van der Waals surface area contributed by atoms with E-state index in [1.165, 1.54) is 0 Å². The van der Waals surface area contributed by atoms with Crippen LogP contribution in [-0.4, -0.2) is 36.6 Å². The fourth-order valence-corrected chi connectivity index (χ4v) is 8.20. The van der Waals surface area contributed by atoms with Crippen molar-refractivity contribution in [3.63, 3.8) is 0 Å². The summed E-state index contributed by atoms with van der Waals surface area (Å²) in [6.07, 6.45) is 4.04. The molecule has 0 bridgehead atoms. The maximum Gasteiger partial charge on any atom is 0.182 e. The minimum Gasteiger partial charge on any atom is -0.262 e. The Morgan fingerprint density at radius 1 is 0.381 bits per heavy atom. The first-order valence-corrected chi connectivity index (χ1v) is 20.8. The predicted octanol–water partition coefficient (Wildman–Crippen LogP) is 14.0. The number of rotatable bonds is 8. The fraction of sp³-hybridized carbons (Fsp3) is 0.0179. The number of hydrogen-bond donors (Lipinski definition) is 0. The van der Waals surface area contributed by atoms with Crippen molar-refractivity contribution in [2.24, 2.45) is 4.99 Å². The van der Waals surface area contributed by atoms with E-state index < -0.39 is 0 Å². The third-order valence-corrected chi connectivity index (χ3v) is 11.4. The second kappa shape index (κ2) is 15.8. The molecule has 0 aliphatic carbocycles. The Bertz CT molecular complexity index is 3540. The predicted molar refractivity (Wildman–Crippen MR) is 260 cm³/mol. The molecule has 0 radical (unpaired) electrons. The van der Waals surface area contributed by atoms with E-state index in [0.29, 0.717) is 23.2 Å². The summed E-state index contributed by atoms with van der Waals surface area (Å²) >= 11 is 0. The van der Waals surface area contributed by atoms with Gasteiger partial charge in [-0.3, -0.25) is 4.99 Å². The molecule has 0 saturated carbocycles. The number of pyridine rings is 3. The van der Waals surface area contributed by atoms with Crippen LogP contribution in [0.15, 0.2) is 193 Å². The van der Waals surface area contributed by atoms with Gasteiger partial charge in [-0.2, -0.15) is 0 Å². The Labute approximate surface area is 363 Å². The maximum absolute atomic E-state index is 5.11. The Hall–Kier alpha value is -8.55. The second-order valence-corrected chi connectivity index (χ2v) is 15.5. The number of allylic oxidation sites excluding steroid dienone is 1. The van der Waals surface area contributed by atoms with Gasteiger partial charge in [0.05, 0.1) is 33.6 Å². The third kappa shape index (κ3) is 7.17. The molecule has 0 amide bonds. The van der Waals surface area contributed by atoms with Crippen LogP contribution in [0.3, 0.4) is 0 Å². The molecule has 4 aromatic heterocycles. The van der Waals surface area contributed by atoms with E-state index in [2.05, 4.69) is 127 Å². The van der Waals surface area contributed by atoms with Gasteiger partial charge in [0.2, 0.25) is 0 Å². The summed E-state index contributed by atoms with van der Waals surface area (Å²) in [5, 5.41) is 5.40. The van der Waals surface area contributed by atoms with Crippen LogP contribution in [0, 0.1) is 0 Å². The van der Waals surface area contributed by atoms with Gasteiger partial charge in [0.15, 0.2) is 17.5 Å². The Morgan fingerprint density at radius 2 is 0.889 bits per heavy atom. The van der Waals surface area contributed by atoms with E-state index in [0.717, 1.165) is 99.5 Å². The summed E-state index contributed by atoms with van der Waals surface area (Å²) < 4.78 is 0. The summed E-state index contributed by atoms with van der Waals surface area (Å²) in [7, 11) is 0. The van der Waals surface area contributed by atoms with Gasteiger partial charge in [0.25, 0.3) is 0 Å². The number of aliphatic imine (C=N–C) groups is 1. The molecule has 0 aliphatic rings. The van der Waals surface area contributed by atoms with Crippen molar-refractivity contribution >= 4 is 62.0 Å². The van der Waals surface area contributed by atoms with Gasteiger partial charge >= 0.3 is 0 Å². The van der Waals surface area contributed by atoms with Gasteiger partial charge in [-0.25, -0.2) is 29.9 Å². The van der Waals surface area contributed by atoms with Crippen LogP contribution in [0.5, 0.6) is 0 Å². The highest BCUT2D eigenvalue weighted by atomic mass is 15.0. The molecule has 7 heteroatoms. The molecule has 0 fully saturated rings. The molecule has 11 rings (SSSR count). The SMILES string of the molecule is C=Nc1c(/C=C\C)ccc2ccc(-c3ccc4cc(-c5ccc6cc(-c7ccc8ccc(-c9nc(-c%10ccccc%10)nc(-c%10ccccc%10)n9)nc8c7)ccc6n5)ccc4c3)nc12. The highest BCUT2D eigenvalue weighted by Crippen LogP contribution is 2.35. The molecule has 0 spiro atoms. The van der Waals surface area contributed by atoms with Crippen LogP contribution in [0.25, 0.3) is 117 Å². The van der Waals surface area contributed by atoms with Crippen LogP contribution in [-0.2, 0) is 0 Å². The van der Waals surface area contributed by atoms with E-state index in [-0.39, 0.29) is 0 Å². The molecule has 296 valence electrons. The van der Waals surface area contributed by atoms with E-state index in [1.807, 2.05) is 85.8 Å². The van der Waals surface area contributed by atoms with Gasteiger partial charge in [0, 0.05) is 44.0 Å². The number of benzene rings is 7. The van der Waals surface area contributed by atoms with Crippen molar-refractivity contribution in [2.45, 2.75) is 6.92 Å². The number of aromatic nitrogens is 6. The second-order valence-electron chi connectivity index (χ2n) is 15.5. The molecule has 0 atom stereocenters. The first-order chi connectivity index (χ1) is 31.1. The smallest absolute Gasteiger partial charge is 0.182 e. The highest BCUT2D eigenvalue weighted by molar-refractivity contribution is 5.97. The minimum absolute atomic E-state index is 0.525. The molecule has 63 heavy (non-hydrogen) atoms. The van der Waals surface area contributed by atoms with Crippen LogP contribution in [0.4, 0.5) is 5.69 Å². The van der Waals surface area contributed by atoms with Crippen LogP contribution in [0.2, 0.25) is 0 Å². The van der Waals surface area contributed by atoms with Gasteiger partial charge in [0.1, 0.15) is 5.69 Å². The molecule has 0 aliphatic heterocycles. The molecule has 0 N–H and O–H groups in total. The lowest BCUT2D eigenvalue weighted by Crippen LogP contribution is -2.01. The molecule has 7 aromatic carbocycles. The largest absolute Gasteiger partial charge is 0.262 e. The van der Waals surface area contributed by atoms with Crippen molar-refractivity contribution in [1.29, 1.82) is 0 Å². The van der Waals surface area contributed by atoms with Crippen LogP contribution >= 0.6 is 0 Å². The van der Waals surface area contributed by atoms with E-state index >= 15 is 0 Å². The van der Waals surface area contributed by atoms with Gasteiger partial charge in [-0.15, -0.1) is 0 Å². The molecule has 0 saturated heterocycles. The Kier molecular flexibility index (Phi) is 9.40. The van der Waals surface area contributed by atoms with Gasteiger partial charge in [-0.05, 0) is 84.1 Å². The first-order valence-electron chi connectivity index (χ1n) is 20.8. The summed E-state index contributed by atoms with van der Waals surface area (Å²) in [6.45, 7) is 5.83. The Balaban J connectivity index is 0.880. The first kappa shape index (κ1) is 37.4. The molecule has 4 heterocycles. The summed E-state index contributed by atoms with van der Waals surface area (Å²) in [4.78, 5) is 34.2. The number of nitrogens with zero attached hydrogens (tertiary/aromatic N) is 7. The summed E-state index contributed by atoms with van der Waals surface area (Å²) in [6, 6.07) is 62.4. The topological polar surface area (TPSA) is 89.7 Å². The van der Waals surface area contributed by atoms with Crippen LogP contribution in [0.1, 0.15) is 12.5 Å². The average molecular weight is 808 g/mol. The van der Waals surface area contributed by atoms with E-state index in [9.17, 15) is 0 Å². The van der Waals surface area contributed by atoms with Crippen molar-refractivity contribution in [3.05, 3.63) is 194 Å². The van der Waals surface area contributed by atoms with Gasteiger partial charge in [-0.1, -0.05) is 146 Å². The minimum atomic E-state index is 0.525. The van der Waals surface area contributed by atoms with Crippen molar-refractivity contribution < 1.29 is 0 Å². The molecule has 7 nitrogen and oxygen atoms in total. The number of fused-ring (bicyclic) bond motifs is 4. The third-order valence-electron chi connectivity index (χ3n) is 11.4. The van der Waals surface area contributed by atoms with E-state index in [4.69, 9.17) is 29.9 Å². The maximum atomic E-state index is 5.11. The zero-order chi connectivity index (χ0) is 42.3. The van der Waals surface area contributed by atoms with Crippen LogP contribution < -0.4 is 0 Å². The lowest BCUT2D eigenvalue weighted by atomic mass is 9.99.